The van der Waals surface area contributed by atoms with E-state index < -0.39 is 17.5 Å². The van der Waals surface area contributed by atoms with E-state index in [-0.39, 0.29) is 17.2 Å². The minimum Gasteiger partial charge on any atom is -0.408 e. The van der Waals surface area contributed by atoms with E-state index >= 15 is 0 Å². The van der Waals surface area contributed by atoms with Gasteiger partial charge in [0.2, 0.25) is 5.95 Å². The summed E-state index contributed by atoms with van der Waals surface area (Å²) < 4.78 is 44.4. The maximum atomic E-state index is 13.1. The molecule has 0 unspecified atom stereocenters. The Morgan fingerprint density at radius 1 is 1.00 bits per heavy atom. The fourth-order valence-corrected chi connectivity index (χ4v) is 2.93. The summed E-state index contributed by atoms with van der Waals surface area (Å²) in [5.74, 6) is 0.0434. The molecule has 0 bridgehead atoms. The lowest BCUT2D eigenvalue weighted by Gasteiger charge is -2.14. The van der Waals surface area contributed by atoms with E-state index in [2.05, 4.69) is 25.6 Å². The first-order valence-electron chi connectivity index (χ1n) is 8.87. The largest absolute Gasteiger partial charge is 0.417 e. The second kappa shape index (κ2) is 7.21. The second-order valence-corrected chi connectivity index (χ2v) is 6.73. The van der Waals surface area contributed by atoms with Crippen molar-refractivity contribution in [1.29, 1.82) is 0 Å². The van der Waals surface area contributed by atoms with Crippen molar-refractivity contribution < 1.29 is 17.6 Å². The average Bonchev–Trinajstić information content (AvgIpc) is 3.04. The number of aromatic nitrogens is 3. The van der Waals surface area contributed by atoms with Crippen molar-refractivity contribution in [3.05, 3.63) is 69.8 Å². The Balaban J connectivity index is 1.61. The number of nitrogens with one attached hydrogen (secondary N) is 3. The molecule has 3 N–H and O–H groups in total. The van der Waals surface area contributed by atoms with Crippen LogP contribution in [0.1, 0.15) is 16.7 Å². The lowest BCUT2D eigenvalue weighted by atomic mass is 10.1. The van der Waals surface area contributed by atoms with Crippen molar-refractivity contribution in [3.63, 3.8) is 0 Å². The van der Waals surface area contributed by atoms with Gasteiger partial charge in [-0.15, -0.1) is 0 Å². The van der Waals surface area contributed by atoms with E-state index in [1.54, 1.807) is 31.3 Å². The minimum atomic E-state index is -4.45. The smallest absolute Gasteiger partial charge is 0.408 e. The van der Waals surface area contributed by atoms with E-state index in [0.717, 1.165) is 11.6 Å². The Morgan fingerprint density at radius 3 is 2.50 bits per heavy atom. The van der Waals surface area contributed by atoms with Crippen LogP contribution in [-0.4, -0.2) is 15.0 Å². The maximum Gasteiger partial charge on any atom is 0.417 e. The summed E-state index contributed by atoms with van der Waals surface area (Å²) in [6.07, 6.45) is -2.90. The van der Waals surface area contributed by atoms with Crippen molar-refractivity contribution in [3.8, 4) is 0 Å². The fourth-order valence-electron chi connectivity index (χ4n) is 2.93. The zero-order chi connectivity index (χ0) is 21.5. The number of hydrogen-bond donors (Lipinski definition) is 3. The molecule has 4 aromatic rings. The molecule has 0 atom stereocenters. The van der Waals surface area contributed by atoms with Gasteiger partial charge in [-0.05, 0) is 49.7 Å². The van der Waals surface area contributed by atoms with Gasteiger partial charge < -0.3 is 15.1 Å². The van der Waals surface area contributed by atoms with E-state index in [1.165, 1.54) is 19.1 Å². The molecule has 2 heterocycles. The predicted octanol–water partition coefficient (Wildman–Crippen LogP) is 5.03. The molecule has 0 saturated carbocycles. The van der Waals surface area contributed by atoms with E-state index in [4.69, 9.17) is 4.42 Å². The Labute approximate surface area is 168 Å². The molecular weight excluding hydrogens is 399 g/mol. The number of halogens is 3. The van der Waals surface area contributed by atoms with Crippen molar-refractivity contribution in [1.82, 2.24) is 15.0 Å². The van der Waals surface area contributed by atoms with Crippen LogP contribution in [0.3, 0.4) is 0 Å². The third-order valence-corrected chi connectivity index (χ3v) is 4.45. The lowest BCUT2D eigenvalue weighted by molar-refractivity contribution is -0.138. The van der Waals surface area contributed by atoms with Gasteiger partial charge in [-0.25, -0.2) is 9.78 Å². The molecule has 0 saturated heterocycles. The molecule has 10 heteroatoms. The van der Waals surface area contributed by atoms with Gasteiger partial charge in [0.1, 0.15) is 5.82 Å². The zero-order valence-corrected chi connectivity index (χ0v) is 15.9. The van der Waals surface area contributed by atoms with Crippen LogP contribution in [0.15, 0.2) is 51.8 Å². The summed E-state index contributed by atoms with van der Waals surface area (Å²) in [5.41, 5.74) is 1.94. The standard InChI is InChI=1S/C20H16F3N5O2/c1-10-3-4-12(7-14(10)20(21,22)23)26-18-24-9-11(2)17(28-18)25-13-5-6-16-15(8-13)27-19(29)30-16/h3-9H,1-2H3,(H,27,29)(H2,24,25,26,28). The number of aryl methyl sites for hydroxylation is 2. The molecule has 154 valence electrons. The molecule has 2 aromatic heterocycles. The number of oxazole rings is 1. The van der Waals surface area contributed by atoms with Crippen LogP contribution in [0.4, 0.5) is 36.3 Å². The van der Waals surface area contributed by atoms with Crippen LogP contribution in [0.25, 0.3) is 11.1 Å². The predicted molar refractivity (Wildman–Crippen MR) is 106 cm³/mol. The molecule has 0 spiro atoms. The van der Waals surface area contributed by atoms with Crippen molar-refractivity contribution in [2.24, 2.45) is 0 Å². The molecule has 0 aliphatic carbocycles. The second-order valence-electron chi connectivity index (χ2n) is 6.73. The van der Waals surface area contributed by atoms with Crippen LogP contribution < -0.4 is 16.4 Å². The quantitative estimate of drug-likeness (QED) is 0.433. The number of nitrogens with zero attached hydrogens (tertiary/aromatic N) is 2. The Hall–Kier alpha value is -3.82. The summed E-state index contributed by atoms with van der Waals surface area (Å²) in [4.78, 5) is 22.4. The van der Waals surface area contributed by atoms with Crippen LogP contribution in [0, 0.1) is 13.8 Å². The molecule has 0 aliphatic rings. The number of fused-ring (bicyclic) bond motifs is 1. The highest BCUT2D eigenvalue weighted by Crippen LogP contribution is 2.34. The molecule has 30 heavy (non-hydrogen) atoms. The Kier molecular flexibility index (Phi) is 4.69. The summed E-state index contributed by atoms with van der Waals surface area (Å²) >= 11 is 0. The highest BCUT2D eigenvalue weighted by molar-refractivity contribution is 5.78. The van der Waals surface area contributed by atoms with Gasteiger partial charge in [-0.3, -0.25) is 4.98 Å². The molecule has 0 amide bonds. The van der Waals surface area contributed by atoms with Gasteiger partial charge in [0.05, 0.1) is 11.1 Å². The first-order chi connectivity index (χ1) is 14.2. The van der Waals surface area contributed by atoms with Crippen LogP contribution in [0.5, 0.6) is 0 Å². The normalized spacial score (nSPS) is 11.6. The molecule has 7 nitrogen and oxygen atoms in total. The average molecular weight is 415 g/mol. The topological polar surface area (TPSA) is 95.8 Å². The highest BCUT2D eigenvalue weighted by Gasteiger charge is 2.32. The van der Waals surface area contributed by atoms with E-state index in [9.17, 15) is 18.0 Å². The molecule has 4 rings (SSSR count). The lowest BCUT2D eigenvalue weighted by Crippen LogP contribution is -2.08. The van der Waals surface area contributed by atoms with E-state index in [1.807, 2.05) is 0 Å². The molecule has 0 aliphatic heterocycles. The van der Waals surface area contributed by atoms with Gasteiger partial charge in [0.25, 0.3) is 0 Å². The third-order valence-electron chi connectivity index (χ3n) is 4.45. The summed E-state index contributed by atoms with van der Waals surface area (Å²) in [5, 5.41) is 5.91. The minimum absolute atomic E-state index is 0.132. The SMILES string of the molecule is Cc1ccc(Nc2ncc(C)c(Nc3ccc4oc(=O)[nH]c4c3)n2)cc1C(F)(F)F. The van der Waals surface area contributed by atoms with Crippen molar-refractivity contribution in [2.75, 3.05) is 10.6 Å². The summed E-state index contributed by atoms with van der Waals surface area (Å²) in [6.45, 7) is 3.19. The molecule has 0 fully saturated rings. The molecule has 0 radical (unpaired) electrons. The van der Waals surface area contributed by atoms with E-state index in [0.29, 0.717) is 22.6 Å². The number of anilines is 4. The maximum absolute atomic E-state index is 13.1. The number of hydrogen-bond acceptors (Lipinski definition) is 6. The number of alkyl halides is 3. The Bertz CT molecular complexity index is 1290. The van der Waals surface area contributed by atoms with Crippen molar-refractivity contribution >= 4 is 34.2 Å². The van der Waals surface area contributed by atoms with Gasteiger partial charge in [0, 0.05) is 23.1 Å². The van der Waals surface area contributed by atoms with Gasteiger partial charge >= 0.3 is 11.9 Å². The first-order valence-corrected chi connectivity index (χ1v) is 8.87. The number of rotatable bonds is 4. The summed E-state index contributed by atoms with van der Waals surface area (Å²) in [7, 11) is 0. The van der Waals surface area contributed by atoms with Crippen LogP contribution in [0.2, 0.25) is 0 Å². The third kappa shape index (κ3) is 3.97. The number of aromatic amines is 1. The molecular formula is C20H16F3N5O2. The monoisotopic (exact) mass is 415 g/mol. The van der Waals surface area contributed by atoms with Crippen LogP contribution in [-0.2, 0) is 6.18 Å². The number of H-pyrrole nitrogens is 1. The molecule has 2 aromatic carbocycles. The van der Waals surface area contributed by atoms with Crippen molar-refractivity contribution in [2.45, 2.75) is 20.0 Å². The van der Waals surface area contributed by atoms with Gasteiger partial charge in [-0.1, -0.05) is 6.07 Å². The zero-order valence-electron chi connectivity index (χ0n) is 15.9. The highest BCUT2D eigenvalue weighted by atomic mass is 19.4. The summed E-state index contributed by atoms with van der Waals surface area (Å²) in [6, 6.07) is 8.97. The number of benzene rings is 2. The fraction of sp³-hybridized carbons (Fsp3) is 0.150. The van der Waals surface area contributed by atoms with Crippen LogP contribution >= 0.6 is 0 Å². The first kappa shape index (κ1) is 19.5. The Morgan fingerprint density at radius 2 is 1.73 bits per heavy atom. The van der Waals surface area contributed by atoms with Gasteiger partial charge in [-0.2, -0.15) is 18.2 Å². The van der Waals surface area contributed by atoms with Gasteiger partial charge in [0.15, 0.2) is 5.58 Å².